The molecule has 0 bridgehead atoms. The van der Waals surface area contributed by atoms with Crippen LogP contribution in [-0.2, 0) is 15.0 Å². The average molecular weight is 380 g/mol. The molecule has 0 heterocycles. The van der Waals surface area contributed by atoms with E-state index < -0.39 is 5.97 Å². The van der Waals surface area contributed by atoms with Crippen LogP contribution in [0.4, 0.5) is 0 Å². The molecule has 2 saturated carbocycles. The Bertz CT molecular complexity index is 595. The van der Waals surface area contributed by atoms with E-state index in [0.717, 1.165) is 17.3 Å². The predicted octanol–water partition coefficient (Wildman–Crippen LogP) is 3.49. The van der Waals surface area contributed by atoms with Crippen molar-refractivity contribution in [3.05, 3.63) is 34.3 Å². The predicted molar refractivity (Wildman–Crippen MR) is 91.1 cm³/mol. The van der Waals surface area contributed by atoms with Gasteiger partial charge in [0.2, 0.25) is 5.91 Å². The lowest BCUT2D eigenvalue weighted by molar-refractivity contribution is -0.141. The van der Waals surface area contributed by atoms with E-state index in [0.29, 0.717) is 25.8 Å². The molecule has 3 rings (SSSR count). The highest BCUT2D eigenvalue weighted by Gasteiger charge is 2.40. The third-order valence-electron chi connectivity index (χ3n) is 5.52. The van der Waals surface area contributed by atoms with Crippen LogP contribution in [-0.4, -0.2) is 23.5 Å². The highest BCUT2D eigenvalue weighted by Crippen LogP contribution is 2.43. The van der Waals surface area contributed by atoms with Gasteiger partial charge in [0.15, 0.2) is 0 Å². The van der Waals surface area contributed by atoms with Gasteiger partial charge in [0.05, 0.1) is 5.92 Å². The van der Waals surface area contributed by atoms with Crippen LogP contribution in [0.1, 0.15) is 44.1 Å². The van der Waals surface area contributed by atoms with Gasteiger partial charge in [-0.05, 0) is 49.8 Å². The van der Waals surface area contributed by atoms with Gasteiger partial charge in [-0.1, -0.05) is 34.5 Å². The number of carboxylic acid groups (broad SMARTS) is 1. The molecule has 2 fully saturated rings. The number of aliphatic carboxylic acids is 1. The minimum absolute atomic E-state index is 0.0251. The molecular formula is C18H22BrNO3. The zero-order chi connectivity index (χ0) is 16.4. The molecule has 2 aliphatic carbocycles. The first kappa shape index (κ1) is 16.5. The van der Waals surface area contributed by atoms with Crippen LogP contribution in [0.3, 0.4) is 0 Å². The van der Waals surface area contributed by atoms with Gasteiger partial charge < -0.3 is 10.4 Å². The highest BCUT2D eigenvalue weighted by atomic mass is 79.9. The Balaban J connectivity index is 1.59. The second-order valence-electron chi connectivity index (χ2n) is 6.90. The van der Waals surface area contributed by atoms with Gasteiger partial charge in [-0.25, -0.2) is 0 Å². The summed E-state index contributed by atoms with van der Waals surface area (Å²) in [5.74, 6) is -1.24. The fourth-order valence-electron chi connectivity index (χ4n) is 3.82. The Hall–Kier alpha value is -1.36. The summed E-state index contributed by atoms with van der Waals surface area (Å²) in [6, 6.07) is 8.36. The summed E-state index contributed by atoms with van der Waals surface area (Å²) >= 11 is 3.46. The number of amides is 1. The van der Waals surface area contributed by atoms with Gasteiger partial charge in [0.25, 0.3) is 0 Å². The summed E-state index contributed by atoms with van der Waals surface area (Å²) in [6.45, 7) is 0.654. The standard InChI is InChI=1S/C18H22BrNO3/c19-15-6-4-14(5-7-15)18(8-1-9-18)11-20-16(21)12-2-3-13(10-12)17(22)23/h4-7,12-13H,1-3,8-11H2,(H,20,21)(H,22,23)/t12-,13+/m0/s1. The topological polar surface area (TPSA) is 66.4 Å². The van der Waals surface area contributed by atoms with Crippen LogP contribution in [0.2, 0.25) is 0 Å². The first-order valence-corrected chi connectivity index (χ1v) is 9.06. The fraction of sp³-hybridized carbons (Fsp3) is 0.556. The van der Waals surface area contributed by atoms with E-state index in [2.05, 4.69) is 33.4 Å². The molecule has 0 aliphatic heterocycles. The first-order valence-electron chi connectivity index (χ1n) is 8.27. The third-order valence-corrected chi connectivity index (χ3v) is 6.05. The van der Waals surface area contributed by atoms with Crippen molar-refractivity contribution >= 4 is 27.8 Å². The van der Waals surface area contributed by atoms with Crippen LogP contribution < -0.4 is 5.32 Å². The lowest BCUT2D eigenvalue weighted by Gasteiger charge is -2.43. The van der Waals surface area contributed by atoms with Gasteiger partial charge in [-0.2, -0.15) is 0 Å². The lowest BCUT2D eigenvalue weighted by Crippen LogP contribution is -2.46. The van der Waals surface area contributed by atoms with Crippen LogP contribution in [0.15, 0.2) is 28.7 Å². The second-order valence-corrected chi connectivity index (χ2v) is 7.82. The Kier molecular flexibility index (Phi) is 4.76. The summed E-state index contributed by atoms with van der Waals surface area (Å²) in [5, 5.41) is 12.2. The largest absolute Gasteiger partial charge is 0.481 e. The average Bonchev–Trinajstić information content (AvgIpc) is 2.98. The molecule has 124 valence electrons. The van der Waals surface area contributed by atoms with E-state index in [1.807, 2.05) is 12.1 Å². The van der Waals surface area contributed by atoms with Crippen LogP contribution in [0, 0.1) is 11.8 Å². The smallest absolute Gasteiger partial charge is 0.306 e. The molecule has 0 unspecified atom stereocenters. The number of carboxylic acids is 1. The van der Waals surface area contributed by atoms with Crippen molar-refractivity contribution in [2.45, 2.75) is 43.9 Å². The molecule has 2 N–H and O–H groups in total. The molecule has 0 spiro atoms. The zero-order valence-electron chi connectivity index (χ0n) is 13.1. The molecule has 2 aliphatic rings. The second kappa shape index (κ2) is 6.63. The van der Waals surface area contributed by atoms with Gasteiger partial charge >= 0.3 is 5.97 Å². The normalized spacial score (nSPS) is 25.6. The molecule has 2 atom stereocenters. The number of carbonyl (C=O) groups is 2. The SMILES string of the molecule is O=C(O)[C@@H]1CC[C@H](C(=O)NCC2(c3ccc(Br)cc3)CCC2)C1. The fourth-order valence-corrected chi connectivity index (χ4v) is 4.08. The summed E-state index contributed by atoms with van der Waals surface area (Å²) in [4.78, 5) is 23.4. The molecule has 4 nitrogen and oxygen atoms in total. The van der Waals surface area contributed by atoms with E-state index in [1.165, 1.54) is 12.0 Å². The molecule has 1 amide bonds. The minimum atomic E-state index is -0.773. The Morgan fingerprint density at radius 1 is 1.17 bits per heavy atom. The van der Waals surface area contributed by atoms with E-state index in [-0.39, 0.29) is 23.2 Å². The zero-order valence-corrected chi connectivity index (χ0v) is 14.6. The van der Waals surface area contributed by atoms with E-state index in [1.54, 1.807) is 0 Å². The summed E-state index contributed by atoms with van der Waals surface area (Å²) < 4.78 is 1.06. The molecule has 0 radical (unpaired) electrons. The number of nitrogens with one attached hydrogen (secondary N) is 1. The first-order chi connectivity index (χ1) is 11.0. The molecule has 5 heteroatoms. The summed E-state index contributed by atoms with van der Waals surface area (Å²) in [6.07, 6.45) is 5.16. The number of rotatable bonds is 5. The van der Waals surface area contributed by atoms with Gasteiger partial charge in [0.1, 0.15) is 0 Å². The van der Waals surface area contributed by atoms with Crippen molar-refractivity contribution in [3.8, 4) is 0 Å². The van der Waals surface area contributed by atoms with Gasteiger partial charge in [-0.15, -0.1) is 0 Å². The van der Waals surface area contributed by atoms with E-state index >= 15 is 0 Å². The third kappa shape index (κ3) is 3.44. The van der Waals surface area contributed by atoms with Crippen LogP contribution in [0.25, 0.3) is 0 Å². The van der Waals surface area contributed by atoms with E-state index in [4.69, 9.17) is 5.11 Å². The van der Waals surface area contributed by atoms with Crippen molar-refractivity contribution < 1.29 is 14.7 Å². The monoisotopic (exact) mass is 379 g/mol. The Morgan fingerprint density at radius 3 is 2.35 bits per heavy atom. The van der Waals surface area contributed by atoms with Crippen molar-refractivity contribution in [2.75, 3.05) is 6.54 Å². The molecular weight excluding hydrogens is 358 g/mol. The van der Waals surface area contributed by atoms with Crippen molar-refractivity contribution in [1.82, 2.24) is 5.32 Å². The maximum atomic E-state index is 12.4. The summed E-state index contributed by atoms with van der Waals surface area (Å²) in [5.41, 5.74) is 1.34. The van der Waals surface area contributed by atoms with Gasteiger partial charge in [0, 0.05) is 22.4 Å². The van der Waals surface area contributed by atoms with Crippen molar-refractivity contribution in [1.29, 1.82) is 0 Å². The van der Waals surface area contributed by atoms with Crippen LogP contribution in [0.5, 0.6) is 0 Å². The molecule has 23 heavy (non-hydrogen) atoms. The number of carbonyl (C=O) groups excluding carboxylic acids is 1. The lowest BCUT2D eigenvalue weighted by atomic mass is 9.64. The number of benzene rings is 1. The maximum absolute atomic E-state index is 12.4. The van der Waals surface area contributed by atoms with Gasteiger partial charge in [-0.3, -0.25) is 9.59 Å². The summed E-state index contributed by atoms with van der Waals surface area (Å²) in [7, 11) is 0. The molecule has 1 aromatic carbocycles. The maximum Gasteiger partial charge on any atom is 0.306 e. The molecule has 0 aromatic heterocycles. The minimum Gasteiger partial charge on any atom is -0.481 e. The number of halogens is 1. The molecule has 0 saturated heterocycles. The Labute approximate surface area is 144 Å². The van der Waals surface area contributed by atoms with Crippen molar-refractivity contribution in [2.24, 2.45) is 11.8 Å². The molecule has 1 aromatic rings. The number of hydrogen-bond donors (Lipinski definition) is 2. The number of hydrogen-bond acceptors (Lipinski definition) is 2. The van der Waals surface area contributed by atoms with Crippen LogP contribution >= 0.6 is 15.9 Å². The van der Waals surface area contributed by atoms with Crippen molar-refractivity contribution in [3.63, 3.8) is 0 Å². The van der Waals surface area contributed by atoms with E-state index in [9.17, 15) is 9.59 Å². The highest BCUT2D eigenvalue weighted by molar-refractivity contribution is 9.10. The quantitative estimate of drug-likeness (QED) is 0.822. The Morgan fingerprint density at radius 2 is 1.83 bits per heavy atom.